The van der Waals surface area contributed by atoms with Crippen molar-refractivity contribution in [3.8, 4) is 0 Å². The predicted octanol–water partition coefficient (Wildman–Crippen LogP) is 3.48. The first-order valence-electron chi connectivity index (χ1n) is 7.44. The van der Waals surface area contributed by atoms with Crippen molar-refractivity contribution in [2.45, 2.75) is 53.9 Å². The number of rotatable bonds is 5. The second kappa shape index (κ2) is 8.93. The van der Waals surface area contributed by atoms with Gasteiger partial charge < -0.3 is 9.80 Å². The zero-order valence-corrected chi connectivity index (χ0v) is 13.1. The average Bonchev–Trinajstić information content (AvgIpc) is 2.31. The zero-order valence-electron chi connectivity index (χ0n) is 13.1. The Kier molecular flexibility index (Phi) is 8.89. The molecule has 1 aliphatic heterocycles. The van der Waals surface area contributed by atoms with Gasteiger partial charge in [-0.05, 0) is 31.8 Å². The van der Waals surface area contributed by atoms with Gasteiger partial charge in [-0.25, -0.2) is 0 Å². The summed E-state index contributed by atoms with van der Waals surface area (Å²) in [5, 5.41) is 0. The summed E-state index contributed by atoms with van der Waals surface area (Å²) in [5.41, 5.74) is 0.540. The second-order valence-corrected chi connectivity index (χ2v) is 5.81. The van der Waals surface area contributed by atoms with Crippen LogP contribution in [0.15, 0.2) is 0 Å². The molecule has 0 aliphatic carbocycles. The van der Waals surface area contributed by atoms with Gasteiger partial charge in [0.05, 0.1) is 0 Å². The highest BCUT2D eigenvalue weighted by atomic mass is 15.2. The van der Waals surface area contributed by atoms with E-state index in [0.29, 0.717) is 5.41 Å². The summed E-state index contributed by atoms with van der Waals surface area (Å²) >= 11 is 0. The van der Waals surface area contributed by atoms with Crippen molar-refractivity contribution in [2.75, 3.05) is 39.8 Å². The van der Waals surface area contributed by atoms with Crippen LogP contribution in [0.5, 0.6) is 0 Å². The molecule has 0 unspecified atom stereocenters. The monoisotopic (exact) mass is 242 g/mol. The first-order chi connectivity index (χ1) is 8.03. The van der Waals surface area contributed by atoms with E-state index in [-0.39, 0.29) is 0 Å². The third-order valence-electron chi connectivity index (χ3n) is 3.63. The molecule has 2 nitrogen and oxygen atoms in total. The highest BCUT2D eigenvalue weighted by molar-refractivity contribution is 4.74. The summed E-state index contributed by atoms with van der Waals surface area (Å²) in [5.74, 6) is 0. The maximum absolute atomic E-state index is 2.62. The predicted molar refractivity (Wildman–Crippen MR) is 78.6 cm³/mol. The minimum atomic E-state index is 0.540. The van der Waals surface area contributed by atoms with Crippen LogP contribution in [-0.2, 0) is 0 Å². The Morgan fingerprint density at radius 1 is 0.941 bits per heavy atom. The van der Waals surface area contributed by atoms with E-state index in [1.54, 1.807) is 0 Å². The molecule has 1 saturated heterocycles. The lowest BCUT2D eigenvalue weighted by Crippen LogP contribution is -2.45. The molecular formula is C15H34N2. The average molecular weight is 242 g/mol. The number of nitrogens with zero attached hydrogens (tertiary/aromatic N) is 2. The van der Waals surface area contributed by atoms with E-state index >= 15 is 0 Å². The van der Waals surface area contributed by atoms with Gasteiger partial charge in [0.15, 0.2) is 0 Å². The van der Waals surface area contributed by atoms with Crippen LogP contribution in [0.1, 0.15) is 53.9 Å². The molecule has 0 bridgehead atoms. The number of likely N-dealkylation sites (N-methyl/N-ethyl adjacent to an activating group) is 1. The summed E-state index contributed by atoms with van der Waals surface area (Å²) in [4.78, 5) is 5.05. The molecule has 0 N–H and O–H groups in total. The SMILES string of the molecule is CC.CCCC(C)(C)CCN1CCN(C)CC1. The highest BCUT2D eigenvalue weighted by Gasteiger charge is 2.19. The fourth-order valence-corrected chi connectivity index (χ4v) is 2.33. The van der Waals surface area contributed by atoms with Gasteiger partial charge in [0.1, 0.15) is 0 Å². The Balaban J connectivity index is 0.00000121. The molecule has 0 amide bonds. The van der Waals surface area contributed by atoms with Gasteiger partial charge in [-0.2, -0.15) is 0 Å². The van der Waals surface area contributed by atoms with Gasteiger partial charge in [0.2, 0.25) is 0 Å². The van der Waals surface area contributed by atoms with Crippen LogP contribution < -0.4 is 0 Å². The lowest BCUT2D eigenvalue weighted by molar-refractivity contribution is 0.134. The maximum Gasteiger partial charge on any atom is 0.0110 e. The first kappa shape index (κ1) is 16.9. The van der Waals surface area contributed by atoms with Crippen molar-refractivity contribution >= 4 is 0 Å². The van der Waals surface area contributed by atoms with Crippen LogP contribution in [0.4, 0.5) is 0 Å². The van der Waals surface area contributed by atoms with Crippen LogP contribution in [0.2, 0.25) is 0 Å². The van der Waals surface area contributed by atoms with Crippen LogP contribution >= 0.6 is 0 Å². The summed E-state index contributed by atoms with van der Waals surface area (Å²) < 4.78 is 0. The Bertz CT molecular complexity index is 170. The van der Waals surface area contributed by atoms with Crippen LogP contribution in [0.3, 0.4) is 0 Å². The maximum atomic E-state index is 2.62. The Hall–Kier alpha value is -0.0800. The van der Waals surface area contributed by atoms with Gasteiger partial charge in [-0.3, -0.25) is 0 Å². The largest absolute Gasteiger partial charge is 0.304 e. The highest BCUT2D eigenvalue weighted by Crippen LogP contribution is 2.26. The van der Waals surface area contributed by atoms with E-state index in [2.05, 4.69) is 37.6 Å². The normalized spacial score (nSPS) is 18.7. The lowest BCUT2D eigenvalue weighted by atomic mass is 9.84. The molecular weight excluding hydrogens is 208 g/mol. The first-order valence-corrected chi connectivity index (χ1v) is 7.44. The van der Waals surface area contributed by atoms with Gasteiger partial charge in [-0.1, -0.05) is 41.0 Å². The molecule has 0 aromatic carbocycles. The van der Waals surface area contributed by atoms with Crippen molar-refractivity contribution in [1.29, 1.82) is 0 Å². The molecule has 104 valence electrons. The number of hydrogen-bond acceptors (Lipinski definition) is 2. The zero-order chi connectivity index (χ0) is 13.3. The molecule has 0 spiro atoms. The molecule has 1 rings (SSSR count). The second-order valence-electron chi connectivity index (χ2n) is 5.81. The van der Waals surface area contributed by atoms with Gasteiger partial charge in [0.25, 0.3) is 0 Å². The van der Waals surface area contributed by atoms with E-state index in [4.69, 9.17) is 0 Å². The molecule has 0 aromatic heterocycles. The summed E-state index contributed by atoms with van der Waals surface area (Å²) in [7, 11) is 2.22. The third-order valence-corrected chi connectivity index (χ3v) is 3.63. The van der Waals surface area contributed by atoms with Crippen LogP contribution in [-0.4, -0.2) is 49.6 Å². The summed E-state index contributed by atoms with van der Waals surface area (Å²) in [6.45, 7) is 17.4. The fraction of sp³-hybridized carbons (Fsp3) is 1.00. The minimum absolute atomic E-state index is 0.540. The van der Waals surface area contributed by atoms with Crippen molar-refractivity contribution in [3.63, 3.8) is 0 Å². The van der Waals surface area contributed by atoms with E-state index in [1.807, 2.05) is 13.8 Å². The van der Waals surface area contributed by atoms with Crippen molar-refractivity contribution in [1.82, 2.24) is 9.80 Å². The molecule has 1 heterocycles. The molecule has 1 aliphatic rings. The van der Waals surface area contributed by atoms with E-state index in [0.717, 1.165) is 0 Å². The lowest BCUT2D eigenvalue weighted by Gasteiger charge is -2.34. The topological polar surface area (TPSA) is 6.48 Å². The molecule has 0 radical (unpaired) electrons. The van der Waals surface area contributed by atoms with Crippen molar-refractivity contribution in [3.05, 3.63) is 0 Å². The number of piperazine rings is 1. The van der Waals surface area contributed by atoms with Crippen molar-refractivity contribution < 1.29 is 0 Å². The summed E-state index contributed by atoms with van der Waals surface area (Å²) in [6.07, 6.45) is 4.03. The third kappa shape index (κ3) is 7.77. The van der Waals surface area contributed by atoms with Crippen LogP contribution in [0.25, 0.3) is 0 Å². The Labute approximate surface area is 109 Å². The quantitative estimate of drug-likeness (QED) is 0.728. The van der Waals surface area contributed by atoms with Gasteiger partial charge in [-0.15, -0.1) is 0 Å². The molecule has 0 aromatic rings. The van der Waals surface area contributed by atoms with E-state index in [9.17, 15) is 0 Å². The Morgan fingerprint density at radius 3 is 1.94 bits per heavy atom. The standard InChI is InChI=1S/C13H28N2.C2H6/c1-5-6-13(2,3)7-8-15-11-9-14(4)10-12-15;1-2/h5-12H2,1-4H3;1-2H3. The number of hydrogen-bond donors (Lipinski definition) is 0. The van der Waals surface area contributed by atoms with Gasteiger partial charge >= 0.3 is 0 Å². The molecule has 0 saturated carbocycles. The molecule has 2 heteroatoms. The summed E-state index contributed by atoms with van der Waals surface area (Å²) in [6, 6.07) is 0. The van der Waals surface area contributed by atoms with Crippen LogP contribution in [0, 0.1) is 5.41 Å². The molecule has 0 atom stereocenters. The van der Waals surface area contributed by atoms with E-state index < -0.39 is 0 Å². The van der Waals surface area contributed by atoms with Crippen molar-refractivity contribution in [2.24, 2.45) is 5.41 Å². The molecule has 1 fully saturated rings. The Morgan fingerprint density at radius 2 is 1.47 bits per heavy atom. The smallest absolute Gasteiger partial charge is 0.0110 e. The molecule has 17 heavy (non-hydrogen) atoms. The van der Waals surface area contributed by atoms with Gasteiger partial charge in [0, 0.05) is 26.2 Å². The minimum Gasteiger partial charge on any atom is -0.304 e. The fourth-order valence-electron chi connectivity index (χ4n) is 2.33. The van der Waals surface area contributed by atoms with E-state index in [1.165, 1.54) is 52.0 Å².